The van der Waals surface area contributed by atoms with E-state index in [4.69, 9.17) is 10.6 Å². The van der Waals surface area contributed by atoms with Crippen LogP contribution in [-0.4, -0.2) is 92.7 Å². The Balaban J connectivity index is 1.33. The van der Waals surface area contributed by atoms with Gasteiger partial charge in [0.1, 0.15) is 25.1 Å². The number of piperidine rings is 3. The fraction of sp³-hybridized carbons (Fsp3) is 0.619. The van der Waals surface area contributed by atoms with Crippen LogP contribution in [0, 0.1) is 5.41 Å². The number of fused-ring (bicyclic) bond motifs is 4. The summed E-state index contributed by atoms with van der Waals surface area (Å²) >= 11 is 2.34. The number of carboxylic acids is 1. The highest BCUT2D eigenvalue weighted by molar-refractivity contribution is 8.00. The Labute approximate surface area is 210 Å². The van der Waals surface area contributed by atoms with Crippen molar-refractivity contribution in [2.75, 3.05) is 44.8 Å². The summed E-state index contributed by atoms with van der Waals surface area (Å²) < 4.78 is 4.84. The third-order valence-electron chi connectivity index (χ3n) is 7.67. The van der Waals surface area contributed by atoms with Gasteiger partial charge in [-0.15, -0.1) is 11.8 Å². The molecular formula is C21H27N7O5S2. The van der Waals surface area contributed by atoms with Crippen LogP contribution in [0.1, 0.15) is 32.0 Å². The summed E-state index contributed by atoms with van der Waals surface area (Å²) in [5.41, 5.74) is 6.47. The molecule has 3 N–H and O–H groups in total. The van der Waals surface area contributed by atoms with Crippen molar-refractivity contribution in [3.63, 3.8) is 0 Å². The molecule has 0 aliphatic carbocycles. The Morgan fingerprint density at radius 2 is 2.03 bits per heavy atom. The van der Waals surface area contributed by atoms with E-state index in [1.54, 1.807) is 0 Å². The highest BCUT2D eigenvalue weighted by Gasteiger charge is 2.54. The molecule has 1 aromatic rings. The fourth-order valence-corrected chi connectivity index (χ4v) is 7.25. The molecule has 188 valence electrons. The molecule has 12 nitrogen and oxygen atoms in total. The van der Waals surface area contributed by atoms with E-state index in [0.717, 1.165) is 60.5 Å². The van der Waals surface area contributed by atoms with Gasteiger partial charge in [-0.25, -0.2) is 0 Å². The van der Waals surface area contributed by atoms with Gasteiger partial charge >= 0.3 is 0 Å². The van der Waals surface area contributed by atoms with E-state index in [9.17, 15) is 19.5 Å². The number of aromatic nitrogens is 2. The normalized spacial score (nSPS) is 32.2. The quantitative estimate of drug-likeness (QED) is 0.196. The van der Waals surface area contributed by atoms with Crippen LogP contribution in [0.2, 0.25) is 0 Å². The molecule has 0 saturated carbocycles. The lowest BCUT2D eigenvalue weighted by atomic mass is 9.72. The lowest BCUT2D eigenvalue weighted by Crippen LogP contribution is -2.72. The molecule has 6 heterocycles. The number of aliphatic carboxylic acids is 1. The number of amides is 2. The number of oxime groups is 1. The molecule has 0 aromatic carbocycles. The van der Waals surface area contributed by atoms with Crippen LogP contribution >= 0.6 is 23.3 Å². The second-order valence-corrected chi connectivity index (χ2v) is 11.8. The Hall–Kier alpha value is -2.71. The standard InChI is InChI=1S/C21H27N7O5S2/c1-21-3-6-28(7-4-21,8-5-21)9-11-10-34-18-13(17(30)27(18)14(11)19(31)32)23-16(29)12(25-33-2)15-24-20(22)35-26-15/h13,18H,3-10H2,1-2H3,(H3-,22,23,24,26,29,31,32)/b25-12-/t13-,18-,21?,28?/m1/s1. The second kappa shape index (κ2) is 8.75. The van der Waals surface area contributed by atoms with Crippen LogP contribution in [0.5, 0.6) is 0 Å². The first-order chi connectivity index (χ1) is 16.7. The van der Waals surface area contributed by atoms with Gasteiger partial charge in [0.15, 0.2) is 5.13 Å². The Bertz CT molecular complexity index is 1120. The second-order valence-electron chi connectivity index (χ2n) is 9.91. The van der Waals surface area contributed by atoms with Crippen molar-refractivity contribution in [3.8, 4) is 0 Å². The van der Waals surface area contributed by atoms with Crippen molar-refractivity contribution in [1.29, 1.82) is 0 Å². The van der Waals surface area contributed by atoms with E-state index in [-0.39, 0.29) is 22.4 Å². The van der Waals surface area contributed by atoms with Gasteiger partial charge in [-0.2, -0.15) is 9.36 Å². The largest absolute Gasteiger partial charge is 0.543 e. The SMILES string of the molecule is CO/N=C(\C(=O)N[C@@H]1C(=O)N2C(C(=O)[O-])=C(C[N+]34CCC(C)(CC3)CC4)CS[C@H]12)c1nsc(N)n1. The van der Waals surface area contributed by atoms with Crippen molar-refractivity contribution >= 4 is 51.9 Å². The Morgan fingerprint density at radius 3 is 2.60 bits per heavy atom. The minimum atomic E-state index is -1.36. The summed E-state index contributed by atoms with van der Waals surface area (Å²) in [7, 11) is 1.27. The number of β-lactam (4-membered cyclic amide) rings is 1. The number of nitrogens with two attached hydrogens (primary N) is 1. The van der Waals surface area contributed by atoms with Crippen molar-refractivity contribution in [2.45, 2.75) is 37.6 Å². The van der Waals surface area contributed by atoms with Gasteiger partial charge in [0.25, 0.3) is 11.8 Å². The average Bonchev–Trinajstić information content (AvgIpc) is 3.27. The minimum Gasteiger partial charge on any atom is -0.543 e. The Kier molecular flexibility index (Phi) is 6.00. The molecule has 0 unspecified atom stereocenters. The maximum Gasteiger partial charge on any atom is 0.278 e. The number of carbonyl (C=O) groups excluding carboxylic acids is 3. The molecule has 5 aliphatic rings. The van der Waals surface area contributed by atoms with Crippen molar-refractivity contribution < 1.29 is 28.8 Å². The lowest BCUT2D eigenvalue weighted by Gasteiger charge is -2.55. The molecule has 2 amide bonds. The van der Waals surface area contributed by atoms with Gasteiger partial charge in [-0.1, -0.05) is 12.1 Å². The molecule has 0 spiro atoms. The number of rotatable bonds is 7. The third kappa shape index (κ3) is 4.16. The minimum absolute atomic E-state index is 0.0162. The van der Waals surface area contributed by atoms with E-state index in [0.29, 0.717) is 17.7 Å². The predicted octanol–water partition coefficient (Wildman–Crippen LogP) is -1.10. The molecule has 5 aliphatic heterocycles. The first kappa shape index (κ1) is 24.0. The summed E-state index contributed by atoms with van der Waals surface area (Å²) in [6.07, 6.45) is 3.41. The number of carbonyl (C=O) groups is 3. The summed E-state index contributed by atoms with van der Waals surface area (Å²) in [6.45, 7) is 6.03. The van der Waals surface area contributed by atoms with Gasteiger partial charge in [0.05, 0.1) is 31.3 Å². The highest BCUT2D eigenvalue weighted by Crippen LogP contribution is 2.46. The van der Waals surface area contributed by atoms with E-state index >= 15 is 0 Å². The van der Waals surface area contributed by atoms with Crippen LogP contribution < -0.4 is 16.2 Å². The summed E-state index contributed by atoms with van der Waals surface area (Å²) in [4.78, 5) is 48.0. The van der Waals surface area contributed by atoms with Crippen LogP contribution in [0.25, 0.3) is 0 Å². The Morgan fingerprint density at radius 1 is 1.34 bits per heavy atom. The molecule has 2 atom stereocenters. The molecule has 35 heavy (non-hydrogen) atoms. The van der Waals surface area contributed by atoms with Crippen LogP contribution in [0.4, 0.5) is 5.13 Å². The summed E-state index contributed by atoms with van der Waals surface area (Å²) in [5.74, 6) is -2.12. The number of hydrogen-bond acceptors (Lipinski definition) is 11. The number of hydrogen-bond donors (Lipinski definition) is 2. The van der Waals surface area contributed by atoms with E-state index in [1.807, 2.05) is 0 Å². The van der Waals surface area contributed by atoms with E-state index in [1.165, 1.54) is 23.8 Å². The number of nitrogen functional groups attached to an aromatic ring is 1. The van der Waals surface area contributed by atoms with Gasteiger partial charge in [0, 0.05) is 42.1 Å². The highest BCUT2D eigenvalue weighted by atomic mass is 32.2. The smallest absolute Gasteiger partial charge is 0.278 e. The average molecular weight is 522 g/mol. The predicted molar refractivity (Wildman–Crippen MR) is 127 cm³/mol. The number of thioether (sulfide) groups is 1. The zero-order valence-corrected chi connectivity index (χ0v) is 21.1. The molecule has 6 rings (SSSR count). The third-order valence-corrected chi connectivity index (χ3v) is 9.56. The summed E-state index contributed by atoms with van der Waals surface area (Å²) in [6, 6.07) is -0.917. The van der Waals surface area contributed by atoms with Gasteiger partial charge in [-0.3, -0.25) is 14.5 Å². The number of quaternary nitrogens is 1. The maximum atomic E-state index is 13.1. The topological polar surface area (TPSA) is 163 Å². The first-order valence-corrected chi connectivity index (χ1v) is 13.2. The van der Waals surface area contributed by atoms with E-state index in [2.05, 4.69) is 26.8 Å². The number of carboxylic acid groups (broad SMARTS) is 1. The van der Waals surface area contributed by atoms with Crippen molar-refractivity contribution in [2.24, 2.45) is 10.6 Å². The molecule has 1 aromatic heterocycles. The van der Waals surface area contributed by atoms with Crippen LogP contribution in [0.3, 0.4) is 0 Å². The zero-order chi connectivity index (χ0) is 25.0. The zero-order valence-electron chi connectivity index (χ0n) is 19.5. The monoisotopic (exact) mass is 521 g/mol. The maximum absolute atomic E-state index is 13.1. The molecule has 4 fully saturated rings. The first-order valence-electron chi connectivity index (χ1n) is 11.4. The van der Waals surface area contributed by atoms with Crippen LogP contribution in [0.15, 0.2) is 16.4 Å². The molecule has 0 radical (unpaired) electrons. The lowest BCUT2D eigenvalue weighted by molar-refractivity contribution is -0.941. The molecular weight excluding hydrogens is 494 g/mol. The number of nitrogens with one attached hydrogen (secondary N) is 1. The summed E-state index contributed by atoms with van der Waals surface area (Å²) in [5, 5.41) is 18.1. The molecule has 2 bridgehead atoms. The van der Waals surface area contributed by atoms with Crippen molar-refractivity contribution in [1.82, 2.24) is 19.6 Å². The molecule has 14 heteroatoms. The van der Waals surface area contributed by atoms with Crippen molar-refractivity contribution in [3.05, 3.63) is 17.1 Å². The van der Waals surface area contributed by atoms with Gasteiger partial charge < -0.3 is 30.3 Å². The van der Waals surface area contributed by atoms with Gasteiger partial charge in [0.2, 0.25) is 11.5 Å². The van der Waals surface area contributed by atoms with Crippen LogP contribution in [-0.2, 0) is 19.2 Å². The number of nitrogens with zero attached hydrogens (tertiary/aromatic N) is 5. The number of anilines is 1. The van der Waals surface area contributed by atoms with E-state index < -0.39 is 29.2 Å². The molecule has 4 saturated heterocycles. The fourth-order valence-electron chi connectivity index (χ4n) is 5.48. The van der Waals surface area contributed by atoms with Gasteiger partial charge in [-0.05, 0) is 5.41 Å².